The number of methoxy groups -OCH3 is 1. The molecule has 30 heavy (non-hydrogen) atoms. The predicted molar refractivity (Wildman–Crippen MR) is 114 cm³/mol. The SMILES string of the molecule is COc1cccc(C(=O)N2CCC(NC(=O)c3ccc(NS(C)(=O)=O)cc3)CC2)c1. The standard InChI is InChI=1S/C21H25N3O5S/c1-29-19-5-3-4-16(14-19)21(26)24-12-10-17(11-13-24)22-20(25)15-6-8-18(9-7-15)23-30(2,27)28/h3-9,14,17,23H,10-13H2,1-2H3,(H,22,25). The minimum absolute atomic E-state index is 0.0271. The molecular formula is C21H25N3O5S. The van der Waals surface area contributed by atoms with E-state index < -0.39 is 10.0 Å². The zero-order valence-corrected chi connectivity index (χ0v) is 17.7. The summed E-state index contributed by atoms with van der Waals surface area (Å²) in [5, 5.41) is 2.98. The Morgan fingerprint density at radius 1 is 1.03 bits per heavy atom. The van der Waals surface area contributed by atoms with E-state index in [0.717, 1.165) is 6.26 Å². The van der Waals surface area contributed by atoms with E-state index in [1.165, 1.54) is 0 Å². The molecule has 1 aliphatic rings. The lowest BCUT2D eigenvalue weighted by atomic mass is 10.0. The topological polar surface area (TPSA) is 105 Å². The van der Waals surface area contributed by atoms with Crippen LogP contribution in [0.5, 0.6) is 5.75 Å². The lowest BCUT2D eigenvalue weighted by Gasteiger charge is -2.32. The van der Waals surface area contributed by atoms with Crippen LogP contribution in [0.4, 0.5) is 5.69 Å². The van der Waals surface area contributed by atoms with Crippen LogP contribution in [-0.4, -0.2) is 57.6 Å². The molecule has 1 heterocycles. The van der Waals surface area contributed by atoms with Gasteiger partial charge in [-0.25, -0.2) is 8.42 Å². The van der Waals surface area contributed by atoms with Crippen LogP contribution in [0.3, 0.4) is 0 Å². The summed E-state index contributed by atoms with van der Waals surface area (Å²) in [6, 6.07) is 13.3. The summed E-state index contributed by atoms with van der Waals surface area (Å²) in [5.41, 5.74) is 1.43. The smallest absolute Gasteiger partial charge is 0.253 e. The van der Waals surface area contributed by atoms with Crippen LogP contribution in [0.2, 0.25) is 0 Å². The molecule has 2 N–H and O–H groups in total. The minimum Gasteiger partial charge on any atom is -0.497 e. The van der Waals surface area contributed by atoms with Crippen molar-refractivity contribution in [1.29, 1.82) is 0 Å². The molecule has 0 unspecified atom stereocenters. The van der Waals surface area contributed by atoms with Crippen molar-refractivity contribution in [1.82, 2.24) is 10.2 Å². The van der Waals surface area contributed by atoms with E-state index >= 15 is 0 Å². The van der Waals surface area contributed by atoms with Crippen molar-refractivity contribution >= 4 is 27.5 Å². The van der Waals surface area contributed by atoms with Gasteiger partial charge in [-0.3, -0.25) is 14.3 Å². The summed E-state index contributed by atoms with van der Waals surface area (Å²) >= 11 is 0. The van der Waals surface area contributed by atoms with Crippen LogP contribution < -0.4 is 14.8 Å². The van der Waals surface area contributed by atoms with Gasteiger partial charge in [0.2, 0.25) is 10.0 Å². The van der Waals surface area contributed by atoms with Crippen molar-refractivity contribution < 1.29 is 22.7 Å². The van der Waals surface area contributed by atoms with E-state index in [4.69, 9.17) is 4.74 Å². The van der Waals surface area contributed by atoms with Gasteiger partial charge >= 0.3 is 0 Å². The Hall–Kier alpha value is -3.07. The molecule has 0 saturated carbocycles. The van der Waals surface area contributed by atoms with Gasteiger partial charge in [0.1, 0.15) is 5.75 Å². The number of nitrogens with zero attached hydrogens (tertiary/aromatic N) is 1. The highest BCUT2D eigenvalue weighted by Gasteiger charge is 2.25. The summed E-state index contributed by atoms with van der Waals surface area (Å²) < 4.78 is 30.0. The number of piperidine rings is 1. The van der Waals surface area contributed by atoms with E-state index in [1.807, 2.05) is 0 Å². The number of hydrogen-bond acceptors (Lipinski definition) is 5. The zero-order chi connectivity index (χ0) is 21.7. The molecule has 0 aromatic heterocycles. The van der Waals surface area contributed by atoms with E-state index in [0.29, 0.717) is 48.5 Å². The molecule has 1 fully saturated rings. The summed E-state index contributed by atoms with van der Waals surface area (Å²) in [7, 11) is -1.80. The maximum Gasteiger partial charge on any atom is 0.253 e. The Morgan fingerprint density at radius 3 is 2.30 bits per heavy atom. The van der Waals surface area contributed by atoms with Crippen molar-refractivity contribution in [2.45, 2.75) is 18.9 Å². The monoisotopic (exact) mass is 431 g/mol. The quantitative estimate of drug-likeness (QED) is 0.729. The van der Waals surface area contributed by atoms with E-state index in [9.17, 15) is 18.0 Å². The van der Waals surface area contributed by atoms with E-state index in [-0.39, 0.29) is 17.9 Å². The molecule has 2 aromatic carbocycles. The van der Waals surface area contributed by atoms with Crippen molar-refractivity contribution in [3.63, 3.8) is 0 Å². The maximum atomic E-state index is 12.7. The second kappa shape index (κ2) is 9.17. The maximum absolute atomic E-state index is 12.7. The third kappa shape index (κ3) is 5.73. The van der Waals surface area contributed by atoms with Gasteiger partial charge in [-0.15, -0.1) is 0 Å². The Bertz CT molecular complexity index is 1010. The number of ether oxygens (including phenoxy) is 1. The van der Waals surface area contributed by atoms with Gasteiger partial charge in [0.05, 0.1) is 13.4 Å². The molecule has 8 nitrogen and oxygen atoms in total. The largest absolute Gasteiger partial charge is 0.497 e. The molecule has 2 aromatic rings. The molecule has 0 aliphatic carbocycles. The number of anilines is 1. The van der Waals surface area contributed by atoms with Crippen LogP contribution in [0, 0.1) is 0 Å². The molecule has 1 aliphatic heterocycles. The third-order valence-electron chi connectivity index (χ3n) is 4.88. The first-order chi connectivity index (χ1) is 14.2. The van der Waals surface area contributed by atoms with Gasteiger partial charge in [-0.2, -0.15) is 0 Å². The first kappa shape index (κ1) is 21.6. The number of rotatable bonds is 6. The van der Waals surface area contributed by atoms with Gasteiger partial charge in [-0.1, -0.05) is 6.07 Å². The molecule has 0 atom stereocenters. The molecule has 160 valence electrons. The Morgan fingerprint density at radius 2 is 1.70 bits per heavy atom. The van der Waals surface area contributed by atoms with Crippen molar-refractivity contribution in [3.8, 4) is 5.75 Å². The van der Waals surface area contributed by atoms with Crippen LogP contribution in [0.15, 0.2) is 48.5 Å². The van der Waals surface area contributed by atoms with Gasteiger partial charge in [0, 0.05) is 35.9 Å². The number of likely N-dealkylation sites (tertiary alicyclic amines) is 1. The van der Waals surface area contributed by atoms with Gasteiger partial charge in [0.15, 0.2) is 0 Å². The van der Waals surface area contributed by atoms with Gasteiger partial charge in [0.25, 0.3) is 11.8 Å². The number of hydrogen-bond donors (Lipinski definition) is 2. The van der Waals surface area contributed by atoms with Crippen molar-refractivity contribution in [2.24, 2.45) is 0 Å². The molecule has 9 heteroatoms. The lowest BCUT2D eigenvalue weighted by Crippen LogP contribution is -2.46. The molecule has 2 amide bonds. The fourth-order valence-electron chi connectivity index (χ4n) is 3.34. The van der Waals surface area contributed by atoms with Crippen molar-refractivity contribution in [3.05, 3.63) is 59.7 Å². The normalized spacial score (nSPS) is 14.8. The molecular weight excluding hydrogens is 406 g/mol. The third-order valence-corrected chi connectivity index (χ3v) is 5.49. The highest BCUT2D eigenvalue weighted by Crippen LogP contribution is 2.18. The van der Waals surface area contributed by atoms with Crippen LogP contribution in [-0.2, 0) is 10.0 Å². The average Bonchev–Trinajstić information content (AvgIpc) is 2.73. The number of carbonyl (C=O) groups excluding carboxylic acids is 2. The van der Waals surface area contributed by atoms with Gasteiger partial charge in [-0.05, 0) is 55.3 Å². The first-order valence-electron chi connectivity index (χ1n) is 9.57. The minimum atomic E-state index is -3.36. The molecule has 1 saturated heterocycles. The number of sulfonamides is 1. The van der Waals surface area contributed by atoms with Crippen molar-refractivity contribution in [2.75, 3.05) is 31.2 Å². The summed E-state index contributed by atoms with van der Waals surface area (Å²) in [6.07, 6.45) is 2.39. The number of amides is 2. The fraction of sp³-hybridized carbons (Fsp3) is 0.333. The number of carbonyl (C=O) groups is 2. The molecule has 0 spiro atoms. The predicted octanol–water partition coefficient (Wildman–Crippen LogP) is 2.10. The van der Waals surface area contributed by atoms with Crippen LogP contribution >= 0.6 is 0 Å². The van der Waals surface area contributed by atoms with E-state index in [2.05, 4.69) is 10.0 Å². The Kier molecular flexibility index (Phi) is 6.61. The fourth-order valence-corrected chi connectivity index (χ4v) is 3.90. The number of benzene rings is 2. The Labute approximate surface area is 176 Å². The lowest BCUT2D eigenvalue weighted by molar-refractivity contribution is 0.0697. The highest BCUT2D eigenvalue weighted by molar-refractivity contribution is 7.92. The first-order valence-corrected chi connectivity index (χ1v) is 11.5. The second-order valence-electron chi connectivity index (χ2n) is 7.22. The summed E-state index contributed by atoms with van der Waals surface area (Å²) in [6.45, 7) is 1.11. The highest BCUT2D eigenvalue weighted by atomic mass is 32.2. The average molecular weight is 432 g/mol. The summed E-state index contributed by atoms with van der Waals surface area (Å²) in [4.78, 5) is 26.9. The molecule has 0 bridgehead atoms. The molecule has 3 rings (SSSR count). The van der Waals surface area contributed by atoms with E-state index in [1.54, 1.807) is 60.5 Å². The van der Waals surface area contributed by atoms with Crippen LogP contribution in [0.25, 0.3) is 0 Å². The molecule has 0 radical (unpaired) electrons. The second-order valence-corrected chi connectivity index (χ2v) is 8.97. The van der Waals surface area contributed by atoms with Gasteiger partial charge < -0.3 is 15.0 Å². The Balaban J connectivity index is 1.52. The number of nitrogens with one attached hydrogen (secondary N) is 2. The van der Waals surface area contributed by atoms with Crippen LogP contribution in [0.1, 0.15) is 33.6 Å². The zero-order valence-electron chi connectivity index (χ0n) is 16.9. The summed E-state index contributed by atoms with van der Waals surface area (Å²) in [5.74, 6) is 0.367.